The summed E-state index contributed by atoms with van der Waals surface area (Å²) < 4.78 is 18.4. The van der Waals surface area contributed by atoms with Crippen molar-refractivity contribution in [2.45, 2.75) is 33.2 Å². The van der Waals surface area contributed by atoms with Crippen molar-refractivity contribution in [1.82, 2.24) is 4.57 Å². The Morgan fingerprint density at radius 2 is 1.79 bits per heavy atom. The quantitative estimate of drug-likeness (QED) is 0.735. The van der Waals surface area contributed by atoms with E-state index in [9.17, 15) is 9.59 Å². The minimum atomic E-state index is -0.619. The second kappa shape index (κ2) is 8.48. The predicted molar refractivity (Wildman–Crippen MR) is 106 cm³/mol. The number of benzene rings is 1. The van der Waals surface area contributed by atoms with Gasteiger partial charge in [-0.05, 0) is 44.9 Å². The summed E-state index contributed by atoms with van der Waals surface area (Å²) in [7, 11) is 0. The molecule has 0 saturated carbocycles. The number of hydrogen-bond donors (Lipinski definition) is 1. The van der Waals surface area contributed by atoms with Gasteiger partial charge in [0.05, 0.1) is 25.5 Å². The minimum Gasteiger partial charge on any atom is -0.490 e. The number of esters is 1. The molecule has 0 saturated heterocycles. The monoisotopic (exact) mass is 386 g/mol. The zero-order chi connectivity index (χ0) is 20.3. The summed E-state index contributed by atoms with van der Waals surface area (Å²) in [4.78, 5) is 24.7. The fraction of sp³-hybridized carbons (Fsp3) is 0.429. The number of carbonyl (C=O) groups is 1. The van der Waals surface area contributed by atoms with Gasteiger partial charge in [-0.1, -0.05) is 0 Å². The molecule has 7 nitrogen and oxygen atoms in total. The number of fused-ring (bicyclic) bond motifs is 3. The van der Waals surface area contributed by atoms with Crippen LogP contribution in [0.4, 0.5) is 0 Å². The van der Waals surface area contributed by atoms with Gasteiger partial charge in [-0.3, -0.25) is 4.79 Å². The molecular weight excluding hydrogens is 360 g/mol. The van der Waals surface area contributed by atoms with E-state index in [1.807, 2.05) is 30.5 Å². The van der Waals surface area contributed by atoms with Gasteiger partial charge in [-0.15, -0.1) is 0 Å². The largest absolute Gasteiger partial charge is 0.490 e. The van der Waals surface area contributed by atoms with E-state index in [0.29, 0.717) is 43.4 Å². The van der Waals surface area contributed by atoms with Crippen LogP contribution >= 0.6 is 0 Å². The van der Waals surface area contributed by atoms with Crippen LogP contribution in [0.1, 0.15) is 42.7 Å². The molecule has 2 aromatic rings. The minimum absolute atomic E-state index is 0.0171. The molecule has 3 rings (SSSR count). The summed E-state index contributed by atoms with van der Waals surface area (Å²) in [6.45, 7) is 7.14. The molecule has 0 fully saturated rings. The van der Waals surface area contributed by atoms with Gasteiger partial charge in [0.15, 0.2) is 16.9 Å². The number of aromatic nitrogens is 1. The Labute approximate surface area is 164 Å². The highest BCUT2D eigenvalue weighted by molar-refractivity contribution is 5.89. The number of hydrogen-bond acceptors (Lipinski definition) is 6. The van der Waals surface area contributed by atoms with Crippen molar-refractivity contribution in [3.63, 3.8) is 0 Å². The molecule has 1 atom stereocenters. The number of nitrogens with zero attached hydrogens (tertiary/aromatic N) is 1. The van der Waals surface area contributed by atoms with E-state index in [1.54, 1.807) is 13.1 Å². The van der Waals surface area contributed by atoms with E-state index in [-0.39, 0.29) is 23.6 Å². The Morgan fingerprint density at radius 1 is 1.11 bits per heavy atom. The number of carbonyl (C=O) groups excluding carboxylic acids is 1. The number of ether oxygens (including phenoxy) is 3. The first-order chi connectivity index (χ1) is 13.5. The lowest BCUT2D eigenvalue weighted by Gasteiger charge is -2.31. The Morgan fingerprint density at radius 3 is 2.39 bits per heavy atom. The lowest BCUT2D eigenvalue weighted by atomic mass is 9.91. The van der Waals surface area contributed by atoms with Crippen LogP contribution in [-0.4, -0.2) is 36.9 Å². The average Bonchev–Trinajstić information content (AvgIpc) is 2.68. The molecule has 1 aromatic heterocycles. The van der Waals surface area contributed by atoms with Crippen LogP contribution in [0.25, 0.3) is 11.3 Å². The van der Waals surface area contributed by atoms with Gasteiger partial charge >= 0.3 is 5.97 Å². The SMILES string of the molecule is CCOC(=O)c1cn2c(cc1=O)-c1cc(OCC)c(OCC)cc1CC2CN. The van der Waals surface area contributed by atoms with Crippen LogP contribution in [0.5, 0.6) is 11.5 Å². The first-order valence-electron chi connectivity index (χ1n) is 9.60. The standard InChI is InChI=1S/C21H26N2O5/c1-4-26-19-8-13-7-14(11-22)23-12-16(21(25)28-6-3)18(24)10-17(23)15(13)9-20(19)27-5-2/h8-10,12,14H,4-7,11,22H2,1-3H3. The van der Waals surface area contributed by atoms with Crippen molar-refractivity contribution in [2.24, 2.45) is 5.73 Å². The number of rotatable bonds is 7. The van der Waals surface area contributed by atoms with E-state index in [2.05, 4.69) is 0 Å². The fourth-order valence-electron chi connectivity index (χ4n) is 3.52. The second-order valence-corrected chi connectivity index (χ2v) is 6.48. The molecule has 0 radical (unpaired) electrons. The third-order valence-corrected chi connectivity index (χ3v) is 4.74. The van der Waals surface area contributed by atoms with Crippen molar-refractivity contribution in [1.29, 1.82) is 0 Å². The molecule has 2 N–H and O–H groups in total. The van der Waals surface area contributed by atoms with E-state index in [1.165, 1.54) is 6.07 Å². The third-order valence-electron chi connectivity index (χ3n) is 4.74. The fourth-order valence-corrected chi connectivity index (χ4v) is 3.52. The zero-order valence-corrected chi connectivity index (χ0v) is 16.5. The molecular formula is C21H26N2O5. The van der Waals surface area contributed by atoms with Gasteiger partial charge in [0.25, 0.3) is 0 Å². The Kier molecular flexibility index (Phi) is 6.04. The van der Waals surface area contributed by atoms with Gasteiger partial charge in [0, 0.05) is 30.4 Å². The maximum absolute atomic E-state index is 12.6. The first-order valence-corrected chi connectivity index (χ1v) is 9.60. The van der Waals surface area contributed by atoms with Crippen molar-refractivity contribution < 1.29 is 19.0 Å². The van der Waals surface area contributed by atoms with Crippen LogP contribution in [0, 0.1) is 0 Å². The topological polar surface area (TPSA) is 92.8 Å². The number of pyridine rings is 1. The van der Waals surface area contributed by atoms with Crippen LogP contribution in [-0.2, 0) is 11.2 Å². The lowest BCUT2D eigenvalue weighted by molar-refractivity contribution is 0.0523. The first kappa shape index (κ1) is 19.9. The lowest BCUT2D eigenvalue weighted by Crippen LogP contribution is -2.30. The van der Waals surface area contributed by atoms with Crippen molar-refractivity contribution >= 4 is 5.97 Å². The smallest absolute Gasteiger partial charge is 0.343 e. The van der Waals surface area contributed by atoms with E-state index in [0.717, 1.165) is 11.1 Å². The maximum Gasteiger partial charge on any atom is 0.343 e. The highest BCUT2D eigenvalue weighted by Gasteiger charge is 2.27. The molecule has 1 unspecified atom stereocenters. The summed E-state index contributed by atoms with van der Waals surface area (Å²) in [5.41, 5.74) is 8.26. The number of nitrogens with two attached hydrogens (primary N) is 1. The molecule has 0 aliphatic carbocycles. The molecule has 7 heteroatoms. The van der Waals surface area contributed by atoms with Crippen molar-refractivity contribution in [2.75, 3.05) is 26.4 Å². The zero-order valence-electron chi connectivity index (χ0n) is 16.5. The van der Waals surface area contributed by atoms with Gasteiger partial charge in [0.2, 0.25) is 0 Å². The normalized spacial score (nSPS) is 14.8. The molecule has 28 heavy (non-hydrogen) atoms. The summed E-state index contributed by atoms with van der Waals surface area (Å²) in [5.74, 6) is 0.687. The van der Waals surface area contributed by atoms with Crippen LogP contribution < -0.4 is 20.6 Å². The van der Waals surface area contributed by atoms with Crippen LogP contribution in [0.15, 0.2) is 29.2 Å². The summed E-state index contributed by atoms with van der Waals surface area (Å²) in [6, 6.07) is 5.25. The van der Waals surface area contributed by atoms with E-state index >= 15 is 0 Å². The van der Waals surface area contributed by atoms with E-state index < -0.39 is 5.97 Å². The summed E-state index contributed by atoms with van der Waals surface area (Å²) in [5, 5.41) is 0. The van der Waals surface area contributed by atoms with Crippen molar-refractivity contribution in [3.8, 4) is 22.8 Å². The van der Waals surface area contributed by atoms with Gasteiger partial charge in [0.1, 0.15) is 5.56 Å². The molecule has 2 heterocycles. The maximum atomic E-state index is 12.6. The van der Waals surface area contributed by atoms with Gasteiger partial charge in [-0.25, -0.2) is 4.79 Å². The summed E-state index contributed by atoms with van der Waals surface area (Å²) in [6.07, 6.45) is 2.23. The molecule has 1 aliphatic heterocycles. The molecule has 0 spiro atoms. The molecule has 1 aromatic carbocycles. The van der Waals surface area contributed by atoms with Gasteiger partial charge in [-0.2, -0.15) is 0 Å². The van der Waals surface area contributed by atoms with Gasteiger partial charge < -0.3 is 24.5 Å². The predicted octanol–water partition coefficient (Wildman–Crippen LogP) is 2.55. The highest BCUT2D eigenvalue weighted by atomic mass is 16.5. The van der Waals surface area contributed by atoms with Crippen molar-refractivity contribution in [3.05, 3.63) is 45.7 Å². The Hall–Kier alpha value is -2.80. The second-order valence-electron chi connectivity index (χ2n) is 6.48. The third kappa shape index (κ3) is 3.62. The average molecular weight is 386 g/mol. The molecule has 0 bridgehead atoms. The highest BCUT2D eigenvalue weighted by Crippen LogP contribution is 2.41. The van der Waals surface area contributed by atoms with Crippen LogP contribution in [0.3, 0.4) is 0 Å². The summed E-state index contributed by atoms with van der Waals surface area (Å²) >= 11 is 0. The Bertz CT molecular complexity index is 935. The molecule has 0 amide bonds. The Balaban J connectivity index is 2.19. The van der Waals surface area contributed by atoms with E-state index in [4.69, 9.17) is 19.9 Å². The molecule has 150 valence electrons. The van der Waals surface area contributed by atoms with Crippen LogP contribution in [0.2, 0.25) is 0 Å². The molecule has 1 aliphatic rings.